The van der Waals surface area contributed by atoms with Crippen LogP contribution in [0.15, 0.2) is 24.3 Å². The van der Waals surface area contributed by atoms with Gasteiger partial charge in [-0.2, -0.15) is 0 Å². The maximum atomic E-state index is 5.81. The molecule has 0 amide bonds. The molecule has 19 heavy (non-hydrogen) atoms. The first-order chi connectivity index (χ1) is 9.38. The summed E-state index contributed by atoms with van der Waals surface area (Å²) >= 11 is 0. The molecule has 1 aromatic rings. The summed E-state index contributed by atoms with van der Waals surface area (Å²) in [7, 11) is 0. The van der Waals surface area contributed by atoms with Crippen LogP contribution in [0.25, 0.3) is 0 Å². The van der Waals surface area contributed by atoms with Crippen LogP contribution in [-0.4, -0.2) is 25.9 Å². The van der Waals surface area contributed by atoms with Gasteiger partial charge in [0.2, 0.25) is 0 Å². The number of hydrogen-bond acceptors (Lipinski definition) is 3. The zero-order chi connectivity index (χ0) is 13.3. The summed E-state index contributed by atoms with van der Waals surface area (Å²) in [6, 6.07) is 8.26. The normalized spacial score (nSPS) is 15.8. The van der Waals surface area contributed by atoms with Gasteiger partial charge in [0.15, 0.2) is 0 Å². The van der Waals surface area contributed by atoms with Crippen LogP contribution in [0, 0.1) is 0 Å². The highest BCUT2D eigenvalue weighted by Crippen LogP contribution is 2.20. The van der Waals surface area contributed by atoms with Gasteiger partial charge in [-0.1, -0.05) is 25.0 Å². The summed E-state index contributed by atoms with van der Waals surface area (Å²) in [4.78, 5) is 0. The average molecular weight is 263 g/mol. The second-order valence-corrected chi connectivity index (χ2v) is 5.03. The first-order valence-corrected chi connectivity index (χ1v) is 7.42. The van der Waals surface area contributed by atoms with Crippen molar-refractivity contribution < 1.29 is 9.47 Å². The Balaban J connectivity index is 1.57. The summed E-state index contributed by atoms with van der Waals surface area (Å²) in [6.45, 7) is 5.35. The third-order valence-corrected chi connectivity index (χ3v) is 3.50. The van der Waals surface area contributed by atoms with E-state index in [1.165, 1.54) is 31.2 Å². The van der Waals surface area contributed by atoms with Gasteiger partial charge in [-0.3, -0.25) is 0 Å². The first kappa shape index (κ1) is 14.4. The Morgan fingerprint density at radius 2 is 1.89 bits per heavy atom. The molecule has 0 saturated heterocycles. The lowest BCUT2D eigenvalue weighted by Crippen LogP contribution is -2.21. The van der Waals surface area contributed by atoms with Crippen LogP contribution >= 0.6 is 0 Å². The fourth-order valence-corrected chi connectivity index (χ4v) is 2.46. The van der Waals surface area contributed by atoms with Gasteiger partial charge in [-0.05, 0) is 37.5 Å². The Hall–Kier alpha value is -1.06. The van der Waals surface area contributed by atoms with Crippen molar-refractivity contribution in [3.63, 3.8) is 0 Å². The van der Waals surface area contributed by atoms with Crippen LogP contribution in [0.4, 0.5) is 0 Å². The first-order valence-electron chi connectivity index (χ1n) is 7.42. The minimum absolute atomic E-state index is 0.521. The second-order valence-electron chi connectivity index (χ2n) is 5.03. The quantitative estimate of drug-likeness (QED) is 0.731. The Bertz CT molecular complexity index is 344. The van der Waals surface area contributed by atoms with E-state index in [0.29, 0.717) is 6.10 Å². The van der Waals surface area contributed by atoms with E-state index >= 15 is 0 Å². The van der Waals surface area contributed by atoms with Gasteiger partial charge in [0.05, 0.1) is 19.3 Å². The van der Waals surface area contributed by atoms with Crippen LogP contribution in [-0.2, 0) is 11.3 Å². The van der Waals surface area contributed by atoms with E-state index in [1.54, 1.807) is 0 Å². The van der Waals surface area contributed by atoms with Crippen molar-refractivity contribution in [1.29, 1.82) is 0 Å². The second kappa shape index (κ2) is 8.18. The van der Waals surface area contributed by atoms with Gasteiger partial charge in [-0.25, -0.2) is 0 Å². The molecule has 3 nitrogen and oxygen atoms in total. The van der Waals surface area contributed by atoms with E-state index in [4.69, 9.17) is 9.47 Å². The van der Waals surface area contributed by atoms with Crippen LogP contribution < -0.4 is 10.1 Å². The molecule has 3 heteroatoms. The van der Waals surface area contributed by atoms with Crippen molar-refractivity contribution in [3.8, 4) is 5.75 Å². The Morgan fingerprint density at radius 3 is 2.58 bits per heavy atom. The fourth-order valence-electron chi connectivity index (χ4n) is 2.46. The van der Waals surface area contributed by atoms with Gasteiger partial charge in [-0.15, -0.1) is 0 Å². The molecular formula is C16H25NO2. The van der Waals surface area contributed by atoms with E-state index in [9.17, 15) is 0 Å². The maximum absolute atomic E-state index is 5.81. The SMILES string of the molecule is CCOc1ccc(CNCCOC2CCCC2)cc1. The van der Waals surface area contributed by atoms with Crippen molar-refractivity contribution >= 4 is 0 Å². The highest BCUT2D eigenvalue weighted by atomic mass is 16.5. The summed E-state index contributed by atoms with van der Waals surface area (Å²) in [5.74, 6) is 0.941. The molecule has 0 spiro atoms. The fraction of sp³-hybridized carbons (Fsp3) is 0.625. The third-order valence-electron chi connectivity index (χ3n) is 3.50. The van der Waals surface area contributed by atoms with E-state index < -0.39 is 0 Å². The molecule has 0 unspecified atom stereocenters. The van der Waals surface area contributed by atoms with E-state index in [2.05, 4.69) is 17.4 Å². The molecule has 0 aliphatic heterocycles. The summed E-state index contributed by atoms with van der Waals surface area (Å²) in [5.41, 5.74) is 1.28. The molecule has 1 aliphatic rings. The zero-order valence-electron chi connectivity index (χ0n) is 11.9. The van der Waals surface area contributed by atoms with Crippen LogP contribution in [0.1, 0.15) is 38.2 Å². The highest BCUT2D eigenvalue weighted by Gasteiger charge is 2.14. The Morgan fingerprint density at radius 1 is 1.16 bits per heavy atom. The molecule has 1 fully saturated rings. The number of nitrogens with one attached hydrogen (secondary N) is 1. The van der Waals surface area contributed by atoms with E-state index in [-0.39, 0.29) is 0 Å². The molecule has 0 bridgehead atoms. The van der Waals surface area contributed by atoms with Crippen molar-refractivity contribution in [2.24, 2.45) is 0 Å². The van der Waals surface area contributed by atoms with Crippen LogP contribution in [0.3, 0.4) is 0 Å². The summed E-state index contributed by atoms with van der Waals surface area (Å²) in [5, 5.41) is 3.41. The van der Waals surface area contributed by atoms with Gasteiger partial charge < -0.3 is 14.8 Å². The van der Waals surface area contributed by atoms with E-state index in [1.807, 2.05) is 19.1 Å². The number of benzene rings is 1. The predicted molar refractivity (Wildman–Crippen MR) is 77.5 cm³/mol. The minimum atomic E-state index is 0.521. The Kier molecular flexibility index (Phi) is 6.18. The number of hydrogen-bond donors (Lipinski definition) is 1. The van der Waals surface area contributed by atoms with Crippen molar-refractivity contribution in [2.75, 3.05) is 19.8 Å². The molecule has 1 N–H and O–H groups in total. The minimum Gasteiger partial charge on any atom is -0.494 e. The largest absolute Gasteiger partial charge is 0.494 e. The lowest BCUT2D eigenvalue weighted by atomic mass is 10.2. The van der Waals surface area contributed by atoms with E-state index in [0.717, 1.165) is 32.1 Å². The molecule has 0 radical (unpaired) electrons. The molecule has 1 saturated carbocycles. The number of ether oxygens (including phenoxy) is 2. The zero-order valence-corrected chi connectivity index (χ0v) is 11.9. The smallest absolute Gasteiger partial charge is 0.119 e. The Labute approximate surface area is 116 Å². The predicted octanol–water partition coefficient (Wildman–Crippen LogP) is 3.13. The topological polar surface area (TPSA) is 30.5 Å². The number of rotatable bonds is 8. The monoisotopic (exact) mass is 263 g/mol. The van der Waals surface area contributed by atoms with Crippen molar-refractivity contribution in [1.82, 2.24) is 5.32 Å². The van der Waals surface area contributed by atoms with Gasteiger partial charge >= 0.3 is 0 Å². The molecule has 0 atom stereocenters. The summed E-state index contributed by atoms with van der Waals surface area (Å²) in [6.07, 6.45) is 5.69. The average Bonchev–Trinajstić information content (AvgIpc) is 2.94. The lowest BCUT2D eigenvalue weighted by molar-refractivity contribution is 0.0603. The molecule has 2 rings (SSSR count). The molecule has 106 valence electrons. The van der Waals surface area contributed by atoms with Crippen molar-refractivity contribution in [3.05, 3.63) is 29.8 Å². The molecule has 0 heterocycles. The van der Waals surface area contributed by atoms with Gasteiger partial charge in [0.25, 0.3) is 0 Å². The summed E-state index contributed by atoms with van der Waals surface area (Å²) < 4.78 is 11.2. The molecule has 1 aromatic carbocycles. The van der Waals surface area contributed by atoms with Gasteiger partial charge in [0, 0.05) is 13.1 Å². The molecular weight excluding hydrogens is 238 g/mol. The van der Waals surface area contributed by atoms with Gasteiger partial charge in [0.1, 0.15) is 5.75 Å². The van der Waals surface area contributed by atoms with Crippen LogP contribution in [0.2, 0.25) is 0 Å². The standard InChI is InChI=1S/C16H25NO2/c1-2-18-16-9-7-14(8-10-16)13-17-11-12-19-15-5-3-4-6-15/h7-10,15,17H,2-6,11-13H2,1H3. The maximum Gasteiger partial charge on any atom is 0.119 e. The highest BCUT2D eigenvalue weighted by molar-refractivity contribution is 5.27. The lowest BCUT2D eigenvalue weighted by Gasteiger charge is -2.11. The molecule has 1 aliphatic carbocycles. The van der Waals surface area contributed by atoms with Crippen LogP contribution in [0.5, 0.6) is 5.75 Å². The van der Waals surface area contributed by atoms with Crippen molar-refractivity contribution in [2.45, 2.75) is 45.3 Å². The third kappa shape index (κ3) is 5.21. The molecule has 0 aromatic heterocycles.